The van der Waals surface area contributed by atoms with Gasteiger partial charge in [0.2, 0.25) is 10.0 Å². The number of hydrogen-bond acceptors (Lipinski definition) is 3. The summed E-state index contributed by atoms with van der Waals surface area (Å²) in [6.07, 6.45) is 5.47. The summed E-state index contributed by atoms with van der Waals surface area (Å²) in [5, 5.41) is 3.49. The van der Waals surface area contributed by atoms with Crippen LogP contribution in [-0.4, -0.2) is 43.6 Å². The predicted octanol–water partition coefficient (Wildman–Crippen LogP) is 1.97. The largest absolute Gasteiger partial charge is 0.312 e. The van der Waals surface area contributed by atoms with Gasteiger partial charge in [-0.1, -0.05) is 27.2 Å². The highest BCUT2D eigenvalue weighted by atomic mass is 32.2. The van der Waals surface area contributed by atoms with Gasteiger partial charge in [-0.15, -0.1) is 0 Å². The van der Waals surface area contributed by atoms with Crippen molar-refractivity contribution in [3.63, 3.8) is 0 Å². The zero-order chi connectivity index (χ0) is 14.1. The molecular weight excluding hydrogens is 260 g/mol. The summed E-state index contributed by atoms with van der Waals surface area (Å²) in [4.78, 5) is 0. The van der Waals surface area contributed by atoms with Crippen molar-refractivity contribution in [1.82, 2.24) is 9.62 Å². The summed E-state index contributed by atoms with van der Waals surface area (Å²) in [7, 11) is -3.13. The van der Waals surface area contributed by atoms with Crippen LogP contribution in [0.25, 0.3) is 0 Å². The Morgan fingerprint density at radius 1 is 1.16 bits per heavy atom. The van der Waals surface area contributed by atoms with E-state index in [1.165, 1.54) is 6.42 Å². The van der Waals surface area contributed by atoms with Gasteiger partial charge in [0.1, 0.15) is 0 Å². The Morgan fingerprint density at radius 2 is 1.89 bits per heavy atom. The number of nitrogens with zero attached hydrogens (tertiary/aromatic N) is 1. The lowest BCUT2D eigenvalue weighted by atomic mass is 9.97. The van der Waals surface area contributed by atoms with Gasteiger partial charge >= 0.3 is 0 Å². The van der Waals surface area contributed by atoms with Gasteiger partial charge in [-0.25, -0.2) is 8.42 Å². The van der Waals surface area contributed by atoms with E-state index in [1.54, 1.807) is 0 Å². The molecule has 5 heteroatoms. The van der Waals surface area contributed by atoms with Crippen LogP contribution < -0.4 is 5.32 Å². The van der Waals surface area contributed by atoms with Gasteiger partial charge in [-0.2, -0.15) is 4.31 Å². The number of nitrogens with one attached hydrogen (secondary N) is 1. The van der Waals surface area contributed by atoms with E-state index in [9.17, 15) is 8.42 Å². The maximum absolute atomic E-state index is 12.7. The molecule has 2 fully saturated rings. The minimum absolute atomic E-state index is 0.177. The highest BCUT2D eigenvalue weighted by Gasteiger charge is 2.39. The normalized spacial score (nSPS) is 30.7. The Labute approximate surface area is 118 Å². The van der Waals surface area contributed by atoms with Crippen molar-refractivity contribution in [3.8, 4) is 0 Å². The van der Waals surface area contributed by atoms with E-state index < -0.39 is 10.0 Å². The van der Waals surface area contributed by atoms with Gasteiger partial charge < -0.3 is 5.32 Å². The van der Waals surface area contributed by atoms with Crippen LogP contribution in [0.4, 0.5) is 0 Å². The zero-order valence-corrected chi connectivity index (χ0v) is 13.3. The SMILES string of the molecule is CC(C)(C)CS(=O)(=O)N1CCCCC1C1CCCN1. The first-order chi connectivity index (χ1) is 8.80. The summed E-state index contributed by atoms with van der Waals surface area (Å²) < 4.78 is 27.1. The lowest BCUT2D eigenvalue weighted by Gasteiger charge is -2.39. The number of rotatable bonds is 3. The molecule has 0 aromatic heterocycles. The highest BCUT2D eigenvalue weighted by molar-refractivity contribution is 7.89. The second-order valence-electron chi connectivity index (χ2n) is 7.19. The molecule has 0 aromatic carbocycles. The maximum Gasteiger partial charge on any atom is 0.214 e. The maximum atomic E-state index is 12.7. The van der Waals surface area contributed by atoms with Gasteiger partial charge in [-0.3, -0.25) is 0 Å². The third kappa shape index (κ3) is 3.92. The summed E-state index contributed by atoms with van der Waals surface area (Å²) in [5.74, 6) is 0.253. The average molecular weight is 288 g/mol. The van der Waals surface area contributed by atoms with Crippen molar-refractivity contribution in [2.75, 3.05) is 18.8 Å². The third-order valence-electron chi connectivity index (χ3n) is 4.03. The first-order valence-corrected chi connectivity index (χ1v) is 9.13. The van der Waals surface area contributed by atoms with Crippen LogP contribution >= 0.6 is 0 Å². The number of piperidine rings is 1. The molecule has 0 spiro atoms. The smallest absolute Gasteiger partial charge is 0.214 e. The van der Waals surface area contributed by atoms with Crippen molar-refractivity contribution in [2.45, 2.75) is 65.0 Å². The first-order valence-electron chi connectivity index (χ1n) is 7.52. The Balaban J connectivity index is 2.14. The summed E-state index contributed by atoms with van der Waals surface area (Å²) in [5.41, 5.74) is -0.177. The Kier molecular flexibility index (Phi) is 4.58. The van der Waals surface area contributed by atoms with Gasteiger partial charge in [0.25, 0.3) is 0 Å². The van der Waals surface area contributed by atoms with Crippen molar-refractivity contribution in [3.05, 3.63) is 0 Å². The van der Waals surface area contributed by atoms with Crippen molar-refractivity contribution in [1.29, 1.82) is 0 Å². The fourth-order valence-electron chi connectivity index (χ4n) is 3.35. The molecule has 4 nitrogen and oxygen atoms in total. The van der Waals surface area contributed by atoms with Crippen molar-refractivity contribution < 1.29 is 8.42 Å². The number of sulfonamides is 1. The molecule has 0 radical (unpaired) electrons. The topological polar surface area (TPSA) is 49.4 Å². The molecule has 2 saturated heterocycles. The fraction of sp³-hybridized carbons (Fsp3) is 1.00. The fourth-order valence-corrected chi connectivity index (χ4v) is 5.68. The van der Waals surface area contributed by atoms with Crippen LogP contribution in [0.15, 0.2) is 0 Å². The van der Waals surface area contributed by atoms with Gasteiger partial charge in [0, 0.05) is 18.6 Å². The molecule has 2 rings (SSSR count). The van der Waals surface area contributed by atoms with E-state index in [1.807, 2.05) is 25.1 Å². The van der Waals surface area contributed by atoms with E-state index in [0.717, 1.165) is 32.2 Å². The van der Waals surface area contributed by atoms with Crippen LogP contribution in [0.2, 0.25) is 0 Å². The molecule has 2 unspecified atom stereocenters. The molecule has 19 heavy (non-hydrogen) atoms. The molecule has 2 heterocycles. The van der Waals surface area contributed by atoms with Gasteiger partial charge in [0.15, 0.2) is 0 Å². The Hall–Kier alpha value is -0.130. The summed E-state index contributed by atoms with van der Waals surface area (Å²) >= 11 is 0. The highest BCUT2D eigenvalue weighted by Crippen LogP contribution is 2.29. The van der Waals surface area contributed by atoms with E-state index >= 15 is 0 Å². The van der Waals surface area contributed by atoms with Crippen LogP contribution in [0, 0.1) is 5.41 Å². The van der Waals surface area contributed by atoms with Gasteiger partial charge in [-0.05, 0) is 37.6 Å². The van der Waals surface area contributed by atoms with Crippen molar-refractivity contribution in [2.24, 2.45) is 5.41 Å². The average Bonchev–Trinajstić information content (AvgIpc) is 2.79. The molecule has 0 aliphatic carbocycles. The van der Waals surface area contributed by atoms with E-state index in [-0.39, 0.29) is 17.2 Å². The third-order valence-corrected chi connectivity index (χ3v) is 6.43. The molecule has 0 amide bonds. The van der Waals surface area contributed by atoms with Crippen LogP contribution in [-0.2, 0) is 10.0 Å². The van der Waals surface area contributed by atoms with Crippen LogP contribution in [0.3, 0.4) is 0 Å². The lowest BCUT2D eigenvalue weighted by Crippen LogP contribution is -2.53. The molecule has 0 saturated carbocycles. The Bertz CT molecular complexity index is 394. The first kappa shape index (κ1) is 15.3. The minimum atomic E-state index is -3.13. The lowest BCUT2D eigenvalue weighted by molar-refractivity contribution is 0.208. The molecular formula is C14H28N2O2S. The predicted molar refractivity (Wildman–Crippen MR) is 78.6 cm³/mol. The molecule has 2 atom stereocenters. The minimum Gasteiger partial charge on any atom is -0.312 e. The van der Waals surface area contributed by atoms with Crippen molar-refractivity contribution >= 4 is 10.0 Å². The second kappa shape index (κ2) is 5.70. The molecule has 112 valence electrons. The number of hydrogen-bond donors (Lipinski definition) is 1. The molecule has 0 aromatic rings. The quantitative estimate of drug-likeness (QED) is 0.864. The summed E-state index contributed by atoms with van der Waals surface area (Å²) in [6, 6.07) is 0.554. The monoisotopic (exact) mass is 288 g/mol. The molecule has 1 N–H and O–H groups in total. The molecule has 2 aliphatic heterocycles. The molecule has 2 aliphatic rings. The van der Waals surface area contributed by atoms with Gasteiger partial charge in [0.05, 0.1) is 5.75 Å². The van der Waals surface area contributed by atoms with Crippen LogP contribution in [0.1, 0.15) is 52.9 Å². The second-order valence-corrected chi connectivity index (χ2v) is 9.12. The standard InChI is InChI=1S/C14H28N2O2S/c1-14(2,3)11-19(17,18)16-10-5-4-8-13(16)12-7-6-9-15-12/h12-13,15H,4-11H2,1-3H3. The zero-order valence-electron chi connectivity index (χ0n) is 12.5. The Morgan fingerprint density at radius 3 is 2.47 bits per heavy atom. The van der Waals surface area contributed by atoms with Crippen LogP contribution in [0.5, 0.6) is 0 Å². The van der Waals surface area contributed by atoms with E-state index in [4.69, 9.17) is 0 Å². The van der Waals surface area contributed by atoms with E-state index in [0.29, 0.717) is 12.6 Å². The summed E-state index contributed by atoms with van der Waals surface area (Å²) in [6.45, 7) is 7.74. The molecule has 0 bridgehead atoms. The van der Waals surface area contributed by atoms with E-state index in [2.05, 4.69) is 5.32 Å².